The molecule has 0 aromatic heterocycles. The van der Waals surface area contributed by atoms with Gasteiger partial charge in [0.2, 0.25) is 0 Å². The molecule has 0 unspecified atom stereocenters. The maximum absolute atomic E-state index is 13.6. The smallest absolute Gasteiger partial charge is 0.321 e. The zero-order valence-electron chi connectivity index (χ0n) is 14.7. The first-order chi connectivity index (χ1) is 12.5. The molecule has 3 rings (SSSR count). The number of hydrogen-bond acceptors (Lipinski definition) is 2. The third-order valence-corrected chi connectivity index (χ3v) is 4.82. The van der Waals surface area contributed by atoms with E-state index in [1.165, 1.54) is 23.3 Å². The first-order valence-corrected chi connectivity index (χ1v) is 8.66. The van der Waals surface area contributed by atoms with Crippen LogP contribution in [0.4, 0.5) is 14.9 Å². The molecule has 0 saturated carbocycles. The summed E-state index contributed by atoms with van der Waals surface area (Å²) in [6.07, 6.45) is 1.96. The van der Waals surface area contributed by atoms with E-state index >= 15 is 0 Å². The maximum atomic E-state index is 13.6. The molecule has 0 aliphatic carbocycles. The molecule has 0 spiro atoms. The first kappa shape index (κ1) is 17.9. The average molecular weight is 355 g/mol. The summed E-state index contributed by atoms with van der Waals surface area (Å²) in [7, 11) is 0. The lowest BCUT2D eigenvalue weighted by Gasteiger charge is -2.33. The highest BCUT2D eigenvalue weighted by Gasteiger charge is 2.25. The van der Waals surface area contributed by atoms with Crippen LogP contribution in [0.3, 0.4) is 0 Å². The summed E-state index contributed by atoms with van der Waals surface area (Å²) in [5.74, 6) is -1.27. The van der Waals surface area contributed by atoms with E-state index in [0.29, 0.717) is 24.7 Å². The van der Waals surface area contributed by atoms with E-state index in [1.54, 1.807) is 4.90 Å². The zero-order chi connectivity index (χ0) is 18.7. The summed E-state index contributed by atoms with van der Waals surface area (Å²) < 4.78 is 13.6. The summed E-state index contributed by atoms with van der Waals surface area (Å²) in [6.45, 7) is 3.37. The van der Waals surface area contributed by atoms with Crippen molar-refractivity contribution < 1.29 is 14.0 Å². The van der Waals surface area contributed by atoms with Gasteiger partial charge in [0.05, 0.1) is 5.56 Å². The summed E-state index contributed by atoms with van der Waals surface area (Å²) in [5.41, 5.74) is 7.76. The minimum atomic E-state index is -0.865. The molecule has 3 N–H and O–H groups in total. The fourth-order valence-corrected chi connectivity index (χ4v) is 3.45. The van der Waals surface area contributed by atoms with E-state index in [2.05, 4.69) is 24.4 Å². The van der Waals surface area contributed by atoms with Crippen molar-refractivity contribution in [1.29, 1.82) is 0 Å². The Kier molecular flexibility index (Phi) is 5.21. The van der Waals surface area contributed by atoms with Gasteiger partial charge in [-0.1, -0.05) is 24.3 Å². The van der Waals surface area contributed by atoms with Crippen LogP contribution in [0.5, 0.6) is 0 Å². The van der Waals surface area contributed by atoms with E-state index in [1.807, 2.05) is 12.1 Å². The molecule has 1 saturated heterocycles. The number of anilines is 1. The number of likely N-dealkylation sites (tertiary alicyclic amines) is 1. The Morgan fingerprint density at radius 1 is 1.23 bits per heavy atom. The molecule has 0 radical (unpaired) electrons. The monoisotopic (exact) mass is 355 g/mol. The molecule has 1 atom stereocenters. The van der Waals surface area contributed by atoms with Crippen LogP contribution in [0.2, 0.25) is 0 Å². The highest BCUT2D eigenvalue weighted by molar-refractivity contribution is 5.96. The number of nitrogens with one attached hydrogen (secondary N) is 1. The van der Waals surface area contributed by atoms with Gasteiger partial charge in [0.15, 0.2) is 0 Å². The van der Waals surface area contributed by atoms with Gasteiger partial charge in [-0.25, -0.2) is 9.18 Å². The second-order valence-electron chi connectivity index (χ2n) is 6.63. The number of amides is 3. The van der Waals surface area contributed by atoms with Gasteiger partial charge in [0, 0.05) is 24.7 Å². The molecule has 2 aromatic rings. The normalized spacial score (nSPS) is 17.0. The molecule has 3 amide bonds. The molecule has 1 heterocycles. The molecule has 6 heteroatoms. The van der Waals surface area contributed by atoms with Gasteiger partial charge in [-0.2, -0.15) is 0 Å². The number of nitrogens with zero attached hydrogens (tertiary/aromatic N) is 1. The van der Waals surface area contributed by atoms with Crippen LogP contribution in [0, 0.1) is 12.7 Å². The molecule has 136 valence electrons. The van der Waals surface area contributed by atoms with Crippen LogP contribution < -0.4 is 11.1 Å². The Balaban J connectivity index is 1.71. The van der Waals surface area contributed by atoms with Crippen LogP contribution in [0.25, 0.3) is 0 Å². The third-order valence-electron chi connectivity index (χ3n) is 4.82. The Bertz CT molecular complexity index is 838. The third kappa shape index (κ3) is 3.85. The lowest BCUT2D eigenvalue weighted by molar-refractivity contribution is 0.0996. The molecule has 1 fully saturated rings. The van der Waals surface area contributed by atoms with Crippen molar-refractivity contribution in [3.8, 4) is 0 Å². The van der Waals surface area contributed by atoms with Crippen molar-refractivity contribution in [2.45, 2.75) is 25.7 Å². The van der Waals surface area contributed by atoms with Gasteiger partial charge in [0.1, 0.15) is 5.82 Å². The minimum Gasteiger partial charge on any atom is -0.366 e. The SMILES string of the molecule is Cc1ccccc1[C@H]1CCCN(C(=O)Nc2ccc(F)c(C(N)=O)c2)C1. The van der Waals surface area contributed by atoms with Gasteiger partial charge >= 0.3 is 6.03 Å². The predicted octanol–water partition coefficient (Wildman–Crippen LogP) is 3.64. The number of halogens is 1. The number of carbonyl (C=O) groups is 2. The van der Waals surface area contributed by atoms with Crippen molar-refractivity contribution in [3.05, 3.63) is 65.0 Å². The number of hydrogen-bond donors (Lipinski definition) is 2. The van der Waals surface area contributed by atoms with Crippen LogP contribution in [0.15, 0.2) is 42.5 Å². The summed E-state index contributed by atoms with van der Waals surface area (Å²) in [6, 6.07) is 11.8. The molecular formula is C20H22FN3O2. The van der Waals surface area contributed by atoms with Crippen molar-refractivity contribution in [2.24, 2.45) is 5.73 Å². The quantitative estimate of drug-likeness (QED) is 0.882. The Labute approximate surface area is 152 Å². The number of primary amides is 1. The van der Waals surface area contributed by atoms with Gasteiger partial charge in [-0.05, 0) is 49.1 Å². The van der Waals surface area contributed by atoms with Gasteiger partial charge in [-0.15, -0.1) is 0 Å². The highest BCUT2D eigenvalue weighted by atomic mass is 19.1. The molecule has 0 bridgehead atoms. The summed E-state index contributed by atoms with van der Waals surface area (Å²) in [4.78, 5) is 25.6. The van der Waals surface area contributed by atoms with Crippen molar-refractivity contribution in [1.82, 2.24) is 4.90 Å². The largest absolute Gasteiger partial charge is 0.366 e. The maximum Gasteiger partial charge on any atom is 0.321 e. The van der Waals surface area contributed by atoms with E-state index < -0.39 is 11.7 Å². The standard InChI is InChI=1S/C20H22FN3O2/c1-13-5-2-3-7-16(13)14-6-4-10-24(12-14)20(26)23-15-8-9-18(21)17(11-15)19(22)25/h2-3,5,7-9,11,14H,4,6,10,12H2,1H3,(H2,22,25)(H,23,26)/t14-/m0/s1. The van der Waals surface area contributed by atoms with Crippen LogP contribution in [-0.2, 0) is 0 Å². The summed E-state index contributed by atoms with van der Waals surface area (Å²) in [5, 5.41) is 2.73. The number of piperidine rings is 1. The lowest BCUT2D eigenvalue weighted by Crippen LogP contribution is -2.41. The van der Waals surface area contributed by atoms with E-state index in [4.69, 9.17) is 5.73 Å². The Hall–Kier alpha value is -2.89. The fraction of sp³-hybridized carbons (Fsp3) is 0.300. The van der Waals surface area contributed by atoms with Crippen molar-refractivity contribution in [3.63, 3.8) is 0 Å². The second-order valence-corrected chi connectivity index (χ2v) is 6.63. The zero-order valence-corrected chi connectivity index (χ0v) is 14.7. The number of carbonyl (C=O) groups excluding carboxylic acids is 2. The van der Waals surface area contributed by atoms with Crippen LogP contribution in [-0.4, -0.2) is 29.9 Å². The minimum absolute atomic E-state index is 0.237. The molecule has 5 nitrogen and oxygen atoms in total. The molecule has 2 aromatic carbocycles. The summed E-state index contributed by atoms with van der Waals surface area (Å²) >= 11 is 0. The highest BCUT2D eigenvalue weighted by Crippen LogP contribution is 2.29. The first-order valence-electron chi connectivity index (χ1n) is 8.66. The molecule has 1 aliphatic rings. The van der Waals surface area contributed by atoms with Gasteiger partial charge in [0.25, 0.3) is 5.91 Å². The van der Waals surface area contributed by atoms with Gasteiger partial charge < -0.3 is 16.0 Å². The van der Waals surface area contributed by atoms with Crippen molar-refractivity contribution in [2.75, 3.05) is 18.4 Å². The Morgan fingerprint density at radius 2 is 2.00 bits per heavy atom. The topological polar surface area (TPSA) is 75.4 Å². The van der Waals surface area contributed by atoms with E-state index in [0.717, 1.165) is 18.9 Å². The lowest BCUT2D eigenvalue weighted by atomic mass is 9.88. The predicted molar refractivity (Wildman–Crippen MR) is 98.7 cm³/mol. The number of rotatable bonds is 3. The van der Waals surface area contributed by atoms with Crippen molar-refractivity contribution >= 4 is 17.6 Å². The fourth-order valence-electron chi connectivity index (χ4n) is 3.45. The molecular weight excluding hydrogens is 333 g/mol. The number of nitrogens with two attached hydrogens (primary N) is 1. The Morgan fingerprint density at radius 3 is 2.73 bits per heavy atom. The van der Waals surface area contributed by atoms with Gasteiger partial charge in [-0.3, -0.25) is 4.79 Å². The number of urea groups is 1. The van der Waals surface area contributed by atoms with E-state index in [-0.39, 0.29) is 11.6 Å². The second kappa shape index (κ2) is 7.56. The number of aryl methyl sites for hydroxylation is 1. The molecule has 1 aliphatic heterocycles. The average Bonchev–Trinajstić information content (AvgIpc) is 2.63. The van der Waals surface area contributed by atoms with Crippen LogP contribution >= 0.6 is 0 Å². The molecule has 26 heavy (non-hydrogen) atoms. The van der Waals surface area contributed by atoms with Crippen LogP contribution in [0.1, 0.15) is 40.2 Å². The van der Waals surface area contributed by atoms with E-state index in [9.17, 15) is 14.0 Å². The number of benzene rings is 2.